The number of nitrogens with zero attached hydrogens (tertiary/aromatic N) is 8. The molecule has 1 atom stereocenters. The minimum Gasteiger partial charge on any atom is -0.378 e. The first-order valence-electron chi connectivity index (χ1n) is 13.2. The van der Waals surface area contributed by atoms with E-state index in [4.69, 9.17) is 24.7 Å². The van der Waals surface area contributed by atoms with Gasteiger partial charge in [-0.05, 0) is 50.3 Å². The van der Waals surface area contributed by atoms with Crippen molar-refractivity contribution in [3.8, 4) is 5.95 Å². The Labute approximate surface area is 212 Å². The zero-order valence-corrected chi connectivity index (χ0v) is 21.8. The zero-order chi connectivity index (χ0) is 24.8. The number of morpholine rings is 1. The molecule has 3 aromatic heterocycles. The first-order valence-corrected chi connectivity index (χ1v) is 13.2. The van der Waals surface area contributed by atoms with Gasteiger partial charge in [0.05, 0.1) is 30.8 Å². The normalized spacial score (nSPS) is 19.4. The third-order valence-corrected chi connectivity index (χ3v) is 7.56. The van der Waals surface area contributed by atoms with Crippen LogP contribution in [0.1, 0.15) is 38.3 Å². The van der Waals surface area contributed by atoms with E-state index in [9.17, 15) is 0 Å². The number of aryl methyl sites for hydroxylation is 2. The van der Waals surface area contributed by atoms with E-state index in [0.717, 1.165) is 84.2 Å². The fraction of sp³-hybridized carbons (Fsp3) is 0.556. The van der Waals surface area contributed by atoms with E-state index in [1.54, 1.807) is 0 Å². The molecule has 0 saturated carbocycles. The van der Waals surface area contributed by atoms with Crippen LogP contribution >= 0.6 is 0 Å². The van der Waals surface area contributed by atoms with E-state index >= 15 is 0 Å². The van der Waals surface area contributed by atoms with Crippen molar-refractivity contribution in [2.24, 2.45) is 18.9 Å². The maximum Gasteiger partial charge on any atom is 0.239 e. The summed E-state index contributed by atoms with van der Waals surface area (Å²) >= 11 is 0. The Kier molecular flexibility index (Phi) is 6.13. The van der Waals surface area contributed by atoms with Gasteiger partial charge in [-0.3, -0.25) is 9.47 Å². The van der Waals surface area contributed by atoms with E-state index in [-0.39, 0.29) is 0 Å². The molecule has 2 aliphatic heterocycles. The Morgan fingerprint density at radius 1 is 1.03 bits per heavy atom. The van der Waals surface area contributed by atoms with Gasteiger partial charge >= 0.3 is 0 Å². The molecule has 9 nitrogen and oxygen atoms in total. The number of anilines is 1. The predicted octanol–water partition coefficient (Wildman–Crippen LogP) is 3.72. The molecule has 190 valence electrons. The van der Waals surface area contributed by atoms with Crippen LogP contribution in [0.25, 0.3) is 28.1 Å². The third kappa shape index (κ3) is 4.24. The predicted molar refractivity (Wildman–Crippen MR) is 142 cm³/mol. The first kappa shape index (κ1) is 23.4. The summed E-state index contributed by atoms with van der Waals surface area (Å²) in [6.07, 6.45) is 2.57. The minimum absolute atomic E-state index is 0.642. The van der Waals surface area contributed by atoms with Crippen LogP contribution in [0.5, 0.6) is 0 Å². The van der Waals surface area contributed by atoms with E-state index in [1.165, 1.54) is 12.8 Å². The van der Waals surface area contributed by atoms with Crippen molar-refractivity contribution in [3.05, 3.63) is 35.9 Å². The summed E-state index contributed by atoms with van der Waals surface area (Å²) in [6.45, 7) is 12.8. The lowest BCUT2D eigenvalue weighted by Crippen LogP contribution is -2.37. The molecule has 36 heavy (non-hydrogen) atoms. The molecule has 1 aromatic carbocycles. The van der Waals surface area contributed by atoms with E-state index in [2.05, 4.69) is 45.9 Å². The monoisotopic (exact) mass is 488 g/mol. The lowest BCUT2D eigenvalue weighted by molar-refractivity contribution is 0.122. The van der Waals surface area contributed by atoms with Crippen LogP contribution in [0.3, 0.4) is 0 Å². The number of rotatable bonds is 6. The average molecular weight is 489 g/mol. The van der Waals surface area contributed by atoms with E-state index < -0.39 is 0 Å². The SMILES string of the molecule is Cc1nc2ccccc2n1-c1nc(N2CCOCC2)c2nc(CN3CCC(CC(C)C)C3)n(C)c2n1. The summed E-state index contributed by atoms with van der Waals surface area (Å²) in [5.41, 5.74) is 3.70. The maximum absolute atomic E-state index is 5.63. The van der Waals surface area contributed by atoms with Crippen LogP contribution in [0.4, 0.5) is 5.82 Å². The Balaban J connectivity index is 1.43. The number of fused-ring (bicyclic) bond motifs is 2. The van der Waals surface area contributed by atoms with Crippen LogP contribution in [-0.4, -0.2) is 73.4 Å². The highest BCUT2D eigenvalue weighted by molar-refractivity contribution is 5.86. The fourth-order valence-electron chi connectivity index (χ4n) is 5.83. The standard InChI is InChI=1S/C27H36N8O/c1-18(2)15-20-9-10-33(16-20)17-23-29-24-25(32(23)4)30-27(31-26(24)34-11-13-36-14-12-34)35-19(3)28-21-7-5-6-8-22(21)35/h5-8,18,20H,9-17H2,1-4H3. The number of ether oxygens (including phenoxy) is 1. The lowest BCUT2D eigenvalue weighted by Gasteiger charge is -2.28. The fourth-order valence-corrected chi connectivity index (χ4v) is 5.83. The van der Waals surface area contributed by atoms with Crippen molar-refractivity contribution in [1.29, 1.82) is 0 Å². The Hall–Kier alpha value is -3.04. The number of aromatic nitrogens is 6. The smallest absolute Gasteiger partial charge is 0.239 e. The average Bonchev–Trinajstić information content (AvgIpc) is 3.54. The van der Waals surface area contributed by atoms with Gasteiger partial charge in [-0.15, -0.1) is 0 Å². The van der Waals surface area contributed by atoms with Gasteiger partial charge in [-0.25, -0.2) is 9.97 Å². The number of likely N-dealkylation sites (tertiary alicyclic amines) is 1. The summed E-state index contributed by atoms with van der Waals surface area (Å²) in [6, 6.07) is 8.16. The van der Waals surface area contributed by atoms with Crippen molar-refractivity contribution >= 4 is 28.0 Å². The molecule has 9 heteroatoms. The van der Waals surface area contributed by atoms with Crippen LogP contribution in [0, 0.1) is 18.8 Å². The van der Waals surface area contributed by atoms with Gasteiger partial charge in [0.25, 0.3) is 0 Å². The maximum atomic E-state index is 5.63. The lowest BCUT2D eigenvalue weighted by atomic mass is 9.97. The minimum atomic E-state index is 0.642. The Bertz CT molecular complexity index is 1380. The second kappa shape index (κ2) is 9.44. The highest BCUT2D eigenvalue weighted by Gasteiger charge is 2.27. The molecule has 0 radical (unpaired) electrons. The van der Waals surface area contributed by atoms with Crippen LogP contribution in [0.2, 0.25) is 0 Å². The molecule has 2 fully saturated rings. The topological polar surface area (TPSA) is 77.1 Å². The number of hydrogen-bond donors (Lipinski definition) is 0. The molecule has 6 rings (SSSR count). The first-order chi connectivity index (χ1) is 17.5. The molecule has 2 aliphatic rings. The summed E-state index contributed by atoms with van der Waals surface area (Å²) in [5, 5.41) is 0. The quantitative estimate of drug-likeness (QED) is 0.409. The molecule has 0 amide bonds. The summed E-state index contributed by atoms with van der Waals surface area (Å²) in [5.74, 6) is 4.98. The van der Waals surface area contributed by atoms with Crippen molar-refractivity contribution < 1.29 is 4.74 Å². The van der Waals surface area contributed by atoms with E-state index in [0.29, 0.717) is 19.2 Å². The number of hydrogen-bond acceptors (Lipinski definition) is 7. The second-order valence-electron chi connectivity index (χ2n) is 10.7. The highest BCUT2D eigenvalue weighted by Crippen LogP contribution is 2.30. The van der Waals surface area contributed by atoms with Gasteiger partial charge in [-0.1, -0.05) is 26.0 Å². The molecule has 0 bridgehead atoms. The van der Waals surface area contributed by atoms with Crippen molar-refractivity contribution in [2.75, 3.05) is 44.3 Å². The summed E-state index contributed by atoms with van der Waals surface area (Å²) in [7, 11) is 2.09. The van der Waals surface area contributed by atoms with Gasteiger partial charge in [0.1, 0.15) is 11.6 Å². The second-order valence-corrected chi connectivity index (χ2v) is 10.7. The van der Waals surface area contributed by atoms with Gasteiger partial charge in [0.15, 0.2) is 17.0 Å². The molecule has 2 saturated heterocycles. The van der Waals surface area contributed by atoms with Crippen LogP contribution < -0.4 is 4.90 Å². The van der Waals surface area contributed by atoms with Gasteiger partial charge in [0.2, 0.25) is 5.95 Å². The van der Waals surface area contributed by atoms with Crippen molar-refractivity contribution in [3.63, 3.8) is 0 Å². The molecule has 0 aliphatic carbocycles. The molecular formula is C27H36N8O. The van der Waals surface area contributed by atoms with Gasteiger partial charge in [0, 0.05) is 26.7 Å². The van der Waals surface area contributed by atoms with E-state index in [1.807, 2.05) is 25.1 Å². The molecule has 5 heterocycles. The Morgan fingerprint density at radius 3 is 2.64 bits per heavy atom. The highest BCUT2D eigenvalue weighted by atomic mass is 16.5. The van der Waals surface area contributed by atoms with Crippen LogP contribution in [-0.2, 0) is 18.3 Å². The van der Waals surface area contributed by atoms with Crippen LogP contribution in [0.15, 0.2) is 24.3 Å². The molecule has 1 unspecified atom stereocenters. The number of benzene rings is 1. The number of para-hydroxylation sites is 2. The summed E-state index contributed by atoms with van der Waals surface area (Å²) in [4.78, 5) is 24.9. The Morgan fingerprint density at radius 2 is 1.83 bits per heavy atom. The van der Waals surface area contributed by atoms with Crippen molar-refractivity contribution in [1.82, 2.24) is 34.0 Å². The number of imidazole rings is 2. The third-order valence-electron chi connectivity index (χ3n) is 7.56. The largest absolute Gasteiger partial charge is 0.378 e. The zero-order valence-electron chi connectivity index (χ0n) is 21.8. The van der Waals surface area contributed by atoms with Gasteiger partial charge < -0.3 is 14.2 Å². The van der Waals surface area contributed by atoms with Gasteiger partial charge in [-0.2, -0.15) is 9.97 Å². The molecule has 0 N–H and O–H groups in total. The molecule has 4 aromatic rings. The molecular weight excluding hydrogens is 452 g/mol. The summed E-state index contributed by atoms with van der Waals surface area (Å²) < 4.78 is 9.85. The van der Waals surface area contributed by atoms with Crippen molar-refractivity contribution in [2.45, 2.75) is 40.2 Å². The molecule has 0 spiro atoms.